The van der Waals surface area contributed by atoms with Gasteiger partial charge in [-0.2, -0.15) is 0 Å². The molecule has 0 aliphatic carbocycles. The number of hydrogen-bond acceptors (Lipinski definition) is 4. The third kappa shape index (κ3) is 4.48. The summed E-state index contributed by atoms with van der Waals surface area (Å²) < 4.78 is 5.10. The largest absolute Gasteiger partial charge is 0.459 e. The molecule has 0 saturated carbocycles. The van der Waals surface area contributed by atoms with Crippen LogP contribution in [0.1, 0.15) is 37.3 Å². The van der Waals surface area contributed by atoms with E-state index in [4.69, 9.17) is 16.0 Å². The number of benzene rings is 2. The Morgan fingerprint density at radius 3 is 2.59 bits per heavy atom. The van der Waals surface area contributed by atoms with E-state index < -0.39 is 0 Å². The molecule has 3 N–H and O–H groups in total. The van der Waals surface area contributed by atoms with Crippen molar-refractivity contribution in [3.05, 3.63) is 112 Å². The predicted octanol–water partition coefficient (Wildman–Crippen LogP) is 6.29. The van der Waals surface area contributed by atoms with Gasteiger partial charge in [0.25, 0.3) is 11.8 Å². The van der Waals surface area contributed by atoms with Crippen molar-refractivity contribution in [3.63, 3.8) is 0 Å². The zero-order chi connectivity index (χ0) is 23.5. The van der Waals surface area contributed by atoms with Crippen molar-refractivity contribution in [1.29, 1.82) is 0 Å². The molecule has 0 spiro atoms. The Hall–Kier alpha value is -3.81. The Balaban J connectivity index is 1.35. The molecular formula is C26H20ClN3O3S. The van der Waals surface area contributed by atoms with E-state index in [-0.39, 0.29) is 23.5 Å². The SMILES string of the molecule is O=C(Nc1ccc(C(=O)NCC(c2ccccc2Cl)c2c[nH]c3ccccc23)s1)c1ccco1. The standard InChI is InChI=1S/C26H20ClN3O3S/c27-20-8-3-1-6-16(20)18(19-14-28-21-9-4-2-7-17(19)21)15-29-26(32)23-11-12-24(34-23)30-25(31)22-10-5-13-33-22/h1-14,18,28H,15H2,(H,29,32)(H,30,31). The minimum Gasteiger partial charge on any atom is -0.459 e. The van der Waals surface area contributed by atoms with Gasteiger partial charge >= 0.3 is 0 Å². The lowest BCUT2D eigenvalue weighted by Crippen LogP contribution is -2.28. The van der Waals surface area contributed by atoms with Gasteiger partial charge in [-0.05, 0) is 47.5 Å². The fourth-order valence-electron chi connectivity index (χ4n) is 3.92. The van der Waals surface area contributed by atoms with Crippen molar-refractivity contribution >= 4 is 50.7 Å². The molecule has 1 atom stereocenters. The molecule has 0 bridgehead atoms. The molecule has 0 saturated heterocycles. The molecule has 6 nitrogen and oxygen atoms in total. The number of furan rings is 1. The normalized spacial score (nSPS) is 11.9. The minimum absolute atomic E-state index is 0.146. The Kier molecular flexibility index (Phi) is 6.20. The second-order valence-corrected chi connectivity index (χ2v) is 9.16. The highest BCUT2D eigenvalue weighted by Gasteiger charge is 2.22. The maximum atomic E-state index is 13.0. The first kappa shape index (κ1) is 22.0. The molecule has 5 aromatic rings. The van der Waals surface area contributed by atoms with Gasteiger partial charge in [0, 0.05) is 34.6 Å². The van der Waals surface area contributed by atoms with Gasteiger partial charge in [0.2, 0.25) is 0 Å². The number of H-pyrrole nitrogens is 1. The third-order valence-corrected chi connectivity index (χ3v) is 6.90. The molecule has 0 fully saturated rings. The summed E-state index contributed by atoms with van der Waals surface area (Å²) in [5, 5.41) is 8.07. The van der Waals surface area contributed by atoms with E-state index in [0.717, 1.165) is 22.0 Å². The molecule has 5 rings (SSSR count). The Morgan fingerprint density at radius 2 is 1.76 bits per heavy atom. The number of nitrogens with one attached hydrogen (secondary N) is 3. The van der Waals surface area contributed by atoms with Gasteiger partial charge in [-0.1, -0.05) is 48.0 Å². The molecule has 2 aromatic carbocycles. The van der Waals surface area contributed by atoms with E-state index in [1.807, 2.05) is 48.7 Å². The smallest absolute Gasteiger partial charge is 0.291 e. The summed E-state index contributed by atoms with van der Waals surface area (Å²) in [7, 11) is 0. The number of fused-ring (bicyclic) bond motifs is 1. The van der Waals surface area contributed by atoms with Crippen LogP contribution in [-0.4, -0.2) is 23.3 Å². The highest BCUT2D eigenvalue weighted by atomic mass is 35.5. The second kappa shape index (κ2) is 9.59. The summed E-state index contributed by atoms with van der Waals surface area (Å²) in [5.41, 5.74) is 3.02. The van der Waals surface area contributed by atoms with Crippen LogP contribution in [0.15, 0.2) is 89.7 Å². The van der Waals surface area contributed by atoms with Gasteiger partial charge in [-0.3, -0.25) is 9.59 Å². The van der Waals surface area contributed by atoms with Gasteiger partial charge in [-0.25, -0.2) is 0 Å². The van der Waals surface area contributed by atoms with Crippen LogP contribution >= 0.6 is 22.9 Å². The fourth-order valence-corrected chi connectivity index (χ4v) is 5.00. The first-order valence-electron chi connectivity index (χ1n) is 10.6. The number of thiophene rings is 1. The van der Waals surface area contributed by atoms with Crippen LogP contribution in [0.2, 0.25) is 5.02 Å². The van der Waals surface area contributed by atoms with E-state index in [2.05, 4.69) is 21.7 Å². The number of amides is 2. The first-order chi connectivity index (χ1) is 16.6. The third-order valence-electron chi connectivity index (χ3n) is 5.56. The second-order valence-electron chi connectivity index (χ2n) is 7.67. The number of rotatable bonds is 7. The van der Waals surface area contributed by atoms with Crippen LogP contribution in [0, 0.1) is 0 Å². The zero-order valence-corrected chi connectivity index (χ0v) is 19.5. The topological polar surface area (TPSA) is 87.1 Å². The summed E-state index contributed by atoms with van der Waals surface area (Å²) in [6, 6.07) is 22.3. The molecular weight excluding hydrogens is 470 g/mol. The van der Waals surface area contributed by atoms with E-state index >= 15 is 0 Å². The van der Waals surface area contributed by atoms with Crippen LogP contribution in [0.4, 0.5) is 5.00 Å². The molecule has 0 aliphatic heterocycles. The van der Waals surface area contributed by atoms with Crippen molar-refractivity contribution in [3.8, 4) is 0 Å². The summed E-state index contributed by atoms with van der Waals surface area (Å²) in [4.78, 5) is 28.9. The Bertz CT molecular complexity index is 1460. The number of para-hydroxylation sites is 1. The van der Waals surface area contributed by atoms with E-state index in [9.17, 15) is 9.59 Å². The highest BCUT2D eigenvalue weighted by Crippen LogP contribution is 2.34. The zero-order valence-electron chi connectivity index (χ0n) is 17.9. The van der Waals surface area contributed by atoms with Gasteiger partial charge in [0.1, 0.15) is 0 Å². The molecule has 170 valence electrons. The van der Waals surface area contributed by atoms with Crippen LogP contribution in [0.25, 0.3) is 10.9 Å². The molecule has 3 heterocycles. The Labute approximate surface area is 204 Å². The summed E-state index contributed by atoms with van der Waals surface area (Å²) >= 11 is 7.74. The van der Waals surface area contributed by atoms with Crippen LogP contribution in [0.5, 0.6) is 0 Å². The van der Waals surface area contributed by atoms with E-state index in [1.54, 1.807) is 24.3 Å². The number of halogens is 1. The Morgan fingerprint density at radius 1 is 0.941 bits per heavy atom. The van der Waals surface area contributed by atoms with Gasteiger partial charge in [0.15, 0.2) is 5.76 Å². The van der Waals surface area contributed by atoms with E-state index in [0.29, 0.717) is 21.4 Å². The summed E-state index contributed by atoms with van der Waals surface area (Å²) in [5.74, 6) is -0.523. The molecule has 34 heavy (non-hydrogen) atoms. The maximum absolute atomic E-state index is 13.0. The fraction of sp³-hybridized carbons (Fsp3) is 0.0769. The quantitative estimate of drug-likeness (QED) is 0.251. The van der Waals surface area contributed by atoms with Crippen molar-refractivity contribution in [1.82, 2.24) is 10.3 Å². The molecule has 0 aliphatic rings. The molecule has 3 aromatic heterocycles. The number of aromatic amines is 1. The summed E-state index contributed by atoms with van der Waals surface area (Å²) in [6.07, 6.45) is 3.41. The molecule has 2 amide bonds. The van der Waals surface area contributed by atoms with Crippen LogP contribution in [0.3, 0.4) is 0 Å². The van der Waals surface area contributed by atoms with Gasteiger partial charge in [-0.15, -0.1) is 11.3 Å². The van der Waals surface area contributed by atoms with Crippen LogP contribution < -0.4 is 10.6 Å². The minimum atomic E-state index is -0.364. The van der Waals surface area contributed by atoms with Crippen molar-refractivity contribution in [2.45, 2.75) is 5.92 Å². The average Bonchev–Trinajstić information content (AvgIpc) is 3.61. The maximum Gasteiger partial charge on any atom is 0.291 e. The number of anilines is 1. The number of aromatic nitrogens is 1. The number of carbonyl (C=O) groups is 2. The van der Waals surface area contributed by atoms with Gasteiger partial charge in [0.05, 0.1) is 16.1 Å². The first-order valence-corrected chi connectivity index (χ1v) is 11.8. The lowest BCUT2D eigenvalue weighted by atomic mass is 9.90. The van der Waals surface area contributed by atoms with Crippen molar-refractivity contribution in [2.75, 3.05) is 11.9 Å². The van der Waals surface area contributed by atoms with Crippen molar-refractivity contribution < 1.29 is 14.0 Å². The lowest BCUT2D eigenvalue weighted by molar-refractivity contribution is 0.0955. The molecule has 0 radical (unpaired) electrons. The van der Waals surface area contributed by atoms with E-state index in [1.165, 1.54) is 17.6 Å². The molecule has 1 unspecified atom stereocenters. The van der Waals surface area contributed by atoms with Crippen LogP contribution in [-0.2, 0) is 0 Å². The number of carbonyl (C=O) groups excluding carboxylic acids is 2. The monoisotopic (exact) mass is 489 g/mol. The molecule has 8 heteroatoms. The predicted molar refractivity (Wildman–Crippen MR) is 135 cm³/mol. The lowest BCUT2D eigenvalue weighted by Gasteiger charge is -2.19. The summed E-state index contributed by atoms with van der Waals surface area (Å²) in [6.45, 7) is 0.358. The average molecular weight is 490 g/mol. The van der Waals surface area contributed by atoms with Crippen molar-refractivity contribution in [2.24, 2.45) is 0 Å². The highest BCUT2D eigenvalue weighted by molar-refractivity contribution is 7.18. The number of hydrogen-bond donors (Lipinski definition) is 3. The van der Waals surface area contributed by atoms with Gasteiger partial charge < -0.3 is 20.0 Å².